The fraction of sp³-hybridized carbons (Fsp3) is 0.143. The molecule has 78 valence electrons. The Morgan fingerprint density at radius 2 is 1.86 bits per heavy atom. The normalized spacial score (nSPS) is 11.6. The van der Waals surface area contributed by atoms with Crippen molar-refractivity contribution < 1.29 is 22.1 Å². The lowest BCUT2D eigenvalue weighted by atomic mass is 9.79. The van der Waals surface area contributed by atoms with Gasteiger partial charge in [-0.3, -0.25) is 0 Å². The number of ether oxygens (including phenoxy) is 1. The summed E-state index contributed by atoms with van der Waals surface area (Å²) in [4.78, 5) is 0. The largest absolute Gasteiger partial charge is 0.516 e. The summed E-state index contributed by atoms with van der Waals surface area (Å²) in [5.41, 5.74) is -1.33. The van der Waals surface area contributed by atoms with Gasteiger partial charge in [-0.15, -0.1) is 0 Å². The highest BCUT2D eigenvalue weighted by atomic mass is 79.9. The lowest BCUT2D eigenvalue weighted by Gasteiger charge is -2.19. The molecule has 0 bridgehead atoms. The maximum absolute atomic E-state index is 13.1. The maximum Gasteiger partial charge on any atom is 0.516 e. The van der Waals surface area contributed by atoms with Gasteiger partial charge in [0.25, 0.3) is 0 Å². The van der Waals surface area contributed by atoms with Crippen LogP contribution in [0.5, 0.6) is 5.75 Å². The van der Waals surface area contributed by atoms with Crippen molar-refractivity contribution >= 4 is 28.4 Å². The van der Waals surface area contributed by atoms with Crippen LogP contribution in [-0.4, -0.2) is 14.1 Å². The molecule has 1 aromatic carbocycles. The van der Waals surface area contributed by atoms with E-state index in [0.717, 1.165) is 13.2 Å². The SMILES string of the molecule is COc1ccc(Br)c(F)c1[B-](F)(F)F. The lowest BCUT2D eigenvalue weighted by molar-refractivity contribution is 0.408. The van der Waals surface area contributed by atoms with E-state index in [-0.39, 0.29) is 4.47 Å². The van der Waals surface area contributed by atoms with Gasteiger partial charge >= 0.3 is 6.98 Å². The van der Waals surface area contributed by atoms with Gasteiger partial charge in [-0.2, -0.15) is 0 Å². The van der Waals surface area contributed by atoms with Crippen LogP contribution < -0.4 is 10.2 Å². The van der Waals surface area contributed by atoms with Crippen molar-refractivity contribution in [3.8, 4) is 5.75 Å². The molecule has 1 nitrogen and oxygen atoms in total. The van der Waals surface area contributed by atoms with Crippen molar-refractivity contribution in [2.75, 3.05) is 7.11 Å². The van der Waals surface area contributed by atoms with Crippen LogP contribution in [0.2, 0.25) is 0 Å². The van der Waals surface area contributed by atoms with Gasteiger partial charge in [0, 0.05) is 0 Å². The summed E-state index contributed by atoms with van der Waals surface area (Å²) in [6.07, 6.45) is 0. The number of methoxy groups -OCH3 is 1. The first kappa shape index (κ1) is 11.4. The van der Waals surface area contributed by atoms with E-state index in [9.17, 15) is 17.3 Å². The van der Waals surface area contributed by atoms with Gasteiger partial charge in [0.1, 0.15) is 5.82 Å². The lowest BCUT2D eigenvalue weighted by Crippen LogP contribution is -2.38. The number of rotatable bonds is 2. The molecule has 0 fully saturated rings. The Balaban J connectivity index is 3.44. The van der Waals surface area contributed by atoms with E-state index in [0.29, 0.717) is 0 Å². The minimum absolute atomic E-state index is 0.229. The Morgan fingerprint density at radius 1 is 1.29 bits per heavy atom. The van der Waals surface area contributed by atoms with Crippen LogP contribution in [0.25, 0.3) is 0 Å². The highest BCUT2D eigenvalue weighted by Gasteiger charge is 2.33. The molecule has 0 saturated carbocycles. The first-order chi connectivity index (χ1) is 6.38. The van der Waals surface area contributed by atoms with Crippen molar-refractivity contribution in [2.24, 2.45) is 0 Å². The zero-order valence-electron chi connectivity index (χ0n) is 7.03. The fourth-order valence-electron chi connectivity index (χ4n) is 1.03. The van der Waals surface area contributed by atoms with E-state index in [1.54, 1.807) is 0 Å². The summed E-state index contributed by atoms with van der Waals surface area (Å²) in [5.74, 6) is -1.84. The average molecular weight is 272 g/mol. The fourth-order valence-corrected chi connectivity index (χ4v) is 1.38. The van der Waals surface area contributed by atoms with Gasteiger partial charge in [0.15, 0.2) is 0 Å². The van der Waals surface area contributed by atoms with Crippen molar-refractivity contribution in [1.82, 2.24) is 0 Å². The van der Waals surface area contributed by atoms with Crippen molar-refractivity contribution in [3.63, 3.8) is 0 Å². The molecule has 0 saturated heterocycles. The highest BCUT2D eigenvalue weighted by Crippen LogP contribution is 2.24. The molecular formula is C7H5BBrF4O-. The van der Waals surface area contributed by atoms with Crippen molar-refractivity contribution in [2.45, 2.75) is 0 Å². The Morgan fingerprint density at radius 3 is 2.29 bits per heavy atom. The van der Waals surface area contributed by atoms with Crippen LogP contribution in [0.3, 0.4) is 0 Å². The third-order valence-corrected chi connectivity index (χ3v) is 2.25. The quantitative estimate of drug-likeness (QED) is 0.594. The molecule has 0 atom stereocenters. The number of benzene rings is 1. The van der Waals surface area contributed by atoms with Crippen LogP contribution >= 0.6 is 15.9 Å². The Labute approximate surface area is 86.2 Å². The molecule has 1 aromatic rings. The van der Waals surface area contributed by atoms with Gasteiger partial charge in [-0.1, -0.05) is 0 Å². The van der Waals surface area contributed by atoms with Crippen LogP contribution in [0.4, 0.5) is 17.3 Å². The molecular weight excluding hydrogens is 267 g/mol. The molecule has 0 amide bonds. The first-order valence-electron chi connectivity index (χ1n) is 3.59. The molecule has 0 aliphatic carbocycles. The van der Waals surface area contributed by atoms with Gasteiger partial charge < -0.3 is 17.7 Å². The zero-order valence-corrected chi connectivity index (χ0v) is 8.62. The molecule has 0 heterocycles. The maximum atomic E-state index is 13.1. The van der Waals surface area contributed by atoms with Crippen molar-refractivity contribution in [3.05, 3.63) is 22.4 Å². The predicted octanol–water partition coefficient (Wildman–Crippen LogP) is 2.65. The summed E-state index contributed by atoms with van der Waals surface area (Å²) in [6.45, 7) is -5.41. The van der Waals surface area contributed by atoms with Gasteiger partial charge in [0.05, 0.1) is 17.3 Å². The second-order valence-electron chi connectivity index (χ2n) is 2.55. The van der Waals surface area contributed by atoms with E-state index in [2.05, 4.69) is 20.7 Å². The molecule has 0 aliphatic heterocycles. The second-order valence-corrected chi connectivity index (χ2v) is 3.41. The van der Waals surface area contributed by atoms with Crippen molar-refractivity contribution in [1.29, 1.82) is 0 Å². The monoisotopic (exact) mass is 271 g/mol. The number of hydrogen-bond acceptors (Lipinski definition) is 1. The molecule has 14 heavy (non-hydrogen) atoms. The molecule has 0 aromatic heterocycles. The molecule has 0 radical (unpaired) electrons. The second kappa shape index (κ2) is 3.80. The van der Waals surface area contributed by atoms with Crippen LogP contribution in [-0.2, 0) is 0 Å². The highest BCUT2D eigenvalue weighted by molar-refractivity contribution is 9.10. The summed E-state index contributed by atoms with van der Waals surface area (Å²) in [6, 6.07) is 2.23. The molecule has 0 unspecified atom stereocenters. The van der Waals surface area contributed by atoms with Gasteiger partial charge in [-0.25, -0.2) is 4.39 Å². The van der Waals surface area contributed by atoms with Crippen LogP contribution in [0, 0.1) is 5.82 Å². The van der Waals surface area contributed by atoms with E-state index < -0.39 is 24.0 Å². The van der Waals surface area contributed by atoms with Crippen LogP contribution in [0.1, 0.15) is 0 Å². The summed E-state index contributed by atoms with van der Waals surface area (Å²) >= 11 is 2.68. The summed E-state index contributed by atoms with van der Waals surface area (Å²) < 4.78 is 54.5. The number of halogens is 5. The van der Waals surface area contributed by atoms with Crippen LogP contribution in [0.15, 0.2) is 16.6 Å². The van der Waals surface area contributed by atoms with E-state index in [4.69, 9.17) is 0 Å². The topological polar surface area (TPSA) is 9.23 Å². The Hall–Kier alpha value is -0.715. The molecule has 0 spiro atoms. The van der Waals surface area contributed by atoms with E-state index in [1.807, 2.05) is 0 Å². The minimum atomic E-state index is -5.41. The standard InChI is InChI=1S/C7H5BBrF4O/c1-14-5-3-2-4(9)7(10)6(5)8(11,12)13/h2-3H,1H3/q-1. The third kappa shape index (κ3) is 2.02. The van der Waals surface area contributed by atoms with Gasteiger partial charge in [-0.05, 0) is 33.5 Å². The molecule has 0 N–H and O–H groups in total. The Bertz CT molecular complexity index is 352. The molecule has 1 rings (SSSR count). The van der Waals surface area contributed by atoms with Gasteiger partial charge in [0.2, 0.25) is 0 Å². The summed E-state index contributed by atoms with van der Waals surface area (Å²) in [5, 5.41) is 0. The van der Waals surface area contributed by atoms with E-state index >= 15 is 0 Å². The Kier molecular flexibility index (Phi) is 3.09. The summed E-state index contributed by atoms with van der Waals surface area (Å²) in [7, 11) is 1.06. The predicted molar refractivity (Wildman–Crippen MR) is 49.4 cm³/mol. The molecule has 0 aliphatic rings. The number of hydrogen-bond donors (Lipinski definition) is 0. The first-order valence-corrected chi connectivity index (χ1v) is 4.39. The van der Waals surface area contributed by atoms with E-state index in [1.165, 1.54) is 6.07 Å². The minimum Gasteiger partial charge on any atom is -0.500 e. The zero-order chi connectivity index (χ0) is 10.9. The third-order valence-electron chi connectivity index (χ3n) is 1.64. The smallest absolute Gasteiger partial charge is 0.500 e. The average Bonchev–Trinajstić information content (AvgIpc) is 2.07. The molecule has 7 heteroatoms.